The molecule has 2 N–H and O–H groups in total. The van der Waals surface area contributed by atoms with E-state index in [-0.39, 0.29) is 17.9 Å². The first-order valence-electron chi connectivity index (χ1n) is 7.61. The van der Waals surface area contributed by atoms with Gasteiger partial charge in [0.15, 0.2) is 11.5 Å². The zero-order valence-electron chi connectivity index (χ0n) is 14.1. The fourth-order valence-electron chi connectivity index (χ4n) is 2.15. The van der Waals surface area contributed by atoms with Gasteiger partial charge in [0.2, 0.25) is 5.91 Å². The van der Waals surface area contributed by atoms with E-state index >= 15 is 0 Å². The number of methoxy groups -OCH3 is 1. The van der Waals surface area contributed by atoms with Crippen molar-refractivity contribution in [1.82, 2.24) is 0 Å². The molecule has 0 aliphatic heterocycles. The Morgan fingerprint density at radius 2 is 2.00 bits per heavy atom. The average Bonchev–Trinajstić information content (AvgIpc) is 2.65. The minimum absolute atomic E-state index is 0.0173. The van der Waals surface area contributed by atoms with Crippen molar-refractivity contribution < 1.29 is 24.2 Å². The van der Waals surface area contributed by atoms with Crippen molar-refractivity contribution in [2.24, 2.45) is 0 Å². The molecule has 0 spiro atoms. The summed E-state index contributed by atoms with van der Waals surface area (Å²) in [6.07, 6.45) is 8.05. The van der Waals surface area contributed by atoms with Gasteiger partial charge in [0.1, 0.15) is 6.61 Å². The highest BCUT2D eigenvalue weighted by atomic mass is 16.5. The van der Waals surface area contributed by atoms with Gasteiger partial charge in [0.25, 0.3) is 0 Å². The average molecular weight is 351 g/mol. The number of terminal acetylenes is 1. The highest BCUT2D eigenvalue weighted by molar-refractivity contribution is 6.06. The Kier molecular flexibility index (Phi) is 6.40. The van der Waals surface area contributed by atoms with E-state index in [1.165, 1.54) is 25.3 Å². The van der Waals surface area contributed by atoms with E-state index in [2.05, 4.69) is 11.2 Å². The molecule has 0 aliphatic rings. The monoisotopic (exact) mass is 351 g/mol. The van der Waals surface area contributed by atoms with E-state index in [0.717, 1.165) is 0 Å². The maximum Gasteiger partial charge on any atom is 0.337 e. The van der Waals surface area contributed by atoms with Crippen molar-refractivity contribution in [2.45, 2.75) is 0 Å². The molecule has 0 aromatic heterocycles. The highest BCUT2D eigenvalue weighted by Gasteiger charge is 2.10. The number of rotatable bonds is 7. The number of aromatic carboxylic acids is 1. The number of carboxylic acids is 1. The number of nitrogens with one attached hydrogen (secondary N) is 1. The van der Waals surface area contributed by atoms with Crippen LogP contribution in [-0.4, -0.2) is 30.7 Å². The van der Waals surface area contributed by atoms with Gasteiger partial charge in [-0.15, -0.1) is 6.42 Å². The minimum atomic E-state index is -1.12. The molecule has 132 valence electrons. The lowest BCUT2D eigenvalue weighted by Crippen LogP contribution is -2.11. The maximum absolute atomic E-state index is 12.1. The van der Waals surface area contributed by atoms with E-state index in [1.54, 1.807) is 36.4 Å². The molecule has 0 atom stereocenters. The lowest BCUT2D eigenvalue weighted by molar-refractivity contribution is -0.111. The molecule has 6 heteroatoms. The standard InChI is InChI=1S/C20H17NO5/c1-3-12-26-18-13-14(8-10-17(18)25-2)9-11-19(22)21-16-7-5-4-6-15(16)20(23)24/h1,4-11,13H,12H2,2H3,(H,21,22)(H,23,24). The number of carbonyl (C=O) groups is 2. The molecule has 2 aromatic carbocycles. The van der Waals surface area contributed by atoms with Crippen molar-refractivity contribution in [3.63, 3.8) is 0 Å². The minimum Gasteiger partial charge on any atom is -0.493 e. The molecule has 0 heterocycles. The number of carbonyl (C=O) groups excluding carboxylic acids is 1. The van der Waals surface area contributed by atoms with Gasteiger partial charge in [-0.3, -0.25) is 4.79 Å². The Bertz CT molecular complexity index is 880. The molecule has 0 saturated carbocycles. The van der Waals surface area contributed by atoms with Crippen LogP contribution >= 0.6 is 0 Å². The number of hydrogen-bond donors (Lipinski definition) is 2. The normalized spacial score (nSPS) is 10.2. The van der Waals surface area contributed by atoms with Crippen molar-refractivity contribution in [1.29, 1.82) is 0 Å². The number of hydrogen-bond acceptors (Lipinski definition) is 4. The Labute approximate surface area is 151 Å². The third kappa shape index (κ3) is 4.89. The fourth-order valence-corrected chi connectivity index (χ4v) is 2.15. The Morgan fingerprint density at radius 3 is 2.69 bits per heavy atom. The molecular formula is C20H17NO5. The number of anilines is 1. The van der Waals surface area contributed by atoms with Crippen LogP contribution in [0.5, 0.6) is 11.5 Å². The summed E-state index contributed by atoms with van der Waals surface area (Å²) in [5.41, 5.74) is 0.936. The quantitative estimate of drug-likeness (QED) is 0.592. The molecule has 2 aromatic rings. The molecule has 0 aliphatic carbocycles. The Hall–Kier alpha value is -3.72. The summed E-state index contributed by atoms with van der Waals surface area (Å²) in [6, 6.07) is 11.3. The van der Waals surface area contributed by atoms with Crippen molar-refractivity contribution in [3.05, 3.63) is 59.7 Å². The summed E-state index contributed by atoms with van der Waals surface area (Å²) in [4.78, 5) is 23.2. The molecular weight excluding hydrogens is 334 g/mol. The molecule has 0 fully saturated rings. The van der Waals surface area contributed by atoms with Gasteiger partial charge in [-0.25, -0.2) is 4.79 Å². The van der Waals surface area contributed by atoms with Crippen LogP contribution in [0.4, 0.5) is 5.69 Å². The van der Waals surface area contributed by atoms with E-state index in [1.807, 2.05) is 0 Å². The van der Waals surface area contributed by atoms with Crippen LogP contribution in [0.15, 0.2) is 48.5 Å². The van der Waals surface area contributed by atoms with E-state index in [4.69, 9.17) is 21.0 Å². The number of para-hydroxylation sites is 1. The first-order valence-corrected chi connectivity index (χ1v) is 7.61. The zero-order valence-corrected chi connectivity index (χ0v) is 14.1. The number of benzene rings is 2. The number of ether oxygens (including phenoxy) is 2. The topological polar surface area (TPSA) is 84.9 Å². The van der Waals surface area contributed by atoms with E-state index in [9.17, 15) is 9.59 Å². The lowest BCUT2D eigenvalue weighted by atomic mass is 10.1. The third-order valence-corrected chi connectivity index (χ3v) is 3.34. The molecule has 2 rings (SSSR count). The second-order valence-corrected chi connectivity index (χ2v) is 5.08. The van der Waals surface area contributed by atoms with Crippen LogP contribution in [0.1, 0.15) is 15.9 Å². The van der Waals surface area contributed by atoms with Gasteiger partial charge in [-0.2, -0.15) is 0 Å². The fraction of sp³-hybridized carbons (Fsp3) is 0.100. The zero-order chi connectivity index (χ0) is 18.9. The largest absolute Gasteiger partial charge is 0.493 e. The molecule has 26 heavy (non-hydrogen) atoms. The SMILES string of the molecule is C#CCOc1cc(C=CC(=O)Nc2ccccc2C(=O)O)ccc1OC. The van der Waals surface area contributed by atoms with Crippen LogP contribution in [-0.2, 0) is 4.79 Å². The Morgan fingerprint density at radius 1 is 1.23 bits per heavy atom. The van der Waals surface area contributed by atoms with Gasteiger partial charge in [0, 0.05) is 6.08 Å². The summed E-state index contributed by atoms with van der Waals surface area (Å²) >= 11 is 0. The third-order valence-electron chi connectivity index (χ3n) is 3.34. The van der Waals surface area contributed by atoms with Gasteiger partial charge >= 0.3 is 5.97 Å². The molecule has 0 radical (unpaired) electrons. The van der Waals surface area contributed by atoms with Crippen LogP contribution in [0, 0.1) is 12.3 Å². The van der Waals surface area contributed by atoms with Crippen LogP contribution in [0.3, 0.4) is 0 Å². The van der Waals surface area contributed by atoms with E-state index < -0.39 is 11.9 Å². The van der Waals surface area contributed by atoms with Gasteiger partial charge in [0.05, 0.1) is 18.4 Å². The predicted octanol–water partition coefficient (Wildman–Crippen LogP) is 3.06. The van der Waals surface area contributed by atoms with Crippen LogP contribution in [0.2, 0.25) is 0 Å². The van der Waals surface area contributed by atoms with Crippen molar-refractivity contribution >= 4 is 23.6 Å². The molecule has 1 amide bonds. The summed E-state index contributed by atoms with van der Waals surface area (Å²) in [7, 11) is 1.51. The second kappa shape index (κ2) is 8.94. The van der Waals surface area contributed by atoms with Crippen LogP contribution in [0.25, 0.3) is 6.08 Å². The molecule has 0 unspecified atom stereocenters. The lowest BCUT2D eigenvalue weighted by Gasteiger charge is -2.09. The first-order chi connectivity index (χ1) is 12.5. The van der Waals surface area contributed by atoms with Gasteiger partial charge < -0.3 is 19.9 Å². The highest BCUT2D eigenvalue weighted by Crippen LogP contribution is 2.28. The molecule has 0 saturated heterocycles. The summed E-state index contributed by atoms with van der Waals surface area (Å²) in [5.74, 6) is 1.79. The van der Waals surface area contributed by atoms with Gasteiger partial charge in [-0.1, -0.05) is 24.1 Å². The number of carboxylic acid groups (broad SMARTS) is 1. The summed E-state index contributed by atoms with van der Waals surface area (Å²) in [5, 5.41) is 11.7. The maximum atomic E-state index is 12.1. The second-order valence-electron chi connectivity index (χ2n) is 5.08. The smallest absolute Gasteiger partial charge is 0.337 e. The van der Waals surface area contributed by atoms with Crippen molar-refractivity contribution in [2.75, 3.05) is 19.0 Å². The number of amides is 1. The predicted molar refractivity (Wildman–Crippen MR) is 98.4 cm³/mol. The van der Waals surface area contributed by atoms with Gasteiger partial charge in [-0.05, 0) is 35.9 Å². The Balaban J connectivity index is 2.13. The van der Waals surface area contributed by atoms with E-state index in [0.29, 0.717) is 17.1 Å². The summed E-state index contributed by atoms with van der Waals surface area (Å²) < 4.78 is 10.6. The first kappa shape index (κ1) is 18.6. The van der Waals surface area contributed by atoms with Crippen LogP contribution < -0.4 is 14.8 Å². The van der Waals surface area contributed by atoms with Crippen molar-refractivity contribution in [3.8, 4) is 23.8 Å². The molecule has 0 bridgehead atoms. The summed E-state index contributed by atoms with van der Waals surface area (Å²) in [6.45, 7) is 0.0932. The molecule has 6 nitrogen and oxygen atoms in total.